The quantitative estimate of drug-likeness (QED) is 0.365. The number of aliphatic hydroxyl groups is 1. The molecule has 0 aromatic carbocycles. The molecule has 0 unspecified atom stereocenters. The standard InChI is InChI=1S/C14H20ClN3O3.ClH/c15-14(12-5-4-8-18(20)9-12)16-21-11-13(19)10-17-6-2-1-3-7-17;/h4-5,8-9,13,19H,1-3,6-7,10-11H2;1H/t13-;/m1./s1. The number of oxime groups is 1. The van der Waals surface area contributed by atoms with Crippen LogP contribution in [-0.2, 0) is 4.84 Å². The van der Waals surface area contributed by atoms with E-state index >= 15 is 0 Å². The van der Waals surface area contributed by atoms with E-state index < -0.39 is 6.10 Å². The van der Waals surface area contributed by atoms with Crippen molar-refractivity contribution in [3.8, 4) is 0 Å². The number of pyridine rings is 1. The first-order chi connectivity index (χ1) is 10.1. The van der Waals surface area contributed by atoms with Crippen molar-refractivity contribution in [2.24, 2.45) is 5.16 Å². The van der Waals surface area contributed by atoms with E-state index in [0.717, 1.165) is 13.1 Å². The molecule has 1 atom stereocenters. The zero-order valence-corrected chi connectivity index (χ0v) is 13.8. The van der Waals surface area contributed by atoms with E-state index in [1.54, 1.807) is 12.1 Å². The van der Waals surface area contributed by atoms with Gasteiger partial charge in [-0.1, -0.05) is 23.2 Å². The molecule has 0 amide bonds. The Hall–Kier alpha value is -1.08. The predicted molar refractivity (Wildman–Crippen MR) is 87.3 cm³/mol. The summed E-state index contributed by atoms with van der Waals surface area (Å²) in [5, 5.41) is 24.8. The van der Waals surface area contributed by atoms with Gasteiger partial charge in [0.1, 0.15) is 12.7 Å². The molecule has 1 N–H and O–H groups in total. The summed E-state index contributed by atoms with van der Waals surface area (Å²) in [7, 11) is 0. The minimum absolute atomic E-state index is 0. The van der Waals surface area contributed by atoms with E-state index in [1.807, 2.05) is 0 Å². The molecule has 124 valence electrons. The van der Waals surface area contributed by atoms with Gasteiger partial charge in [0.25, 0.3) is 0 Å². The molecule has 1 aromatic heterocycles. The number of likely N-dealkylation sites (tertiary alicyclic amines) is 1. The van der Waals surface area contributed by atoms with Gasteiger partial charge < -0.3 is 20.1 Å². The third-order valence-corrected chi connectivity index (χ3v) is 3.63. The summed E-state index contributed by atoms with van der Waals surface area (Å²) in [6.45, 7) is 2.71. The largest absolute Gasteiger partial charge is 0.619 e. The zero-order valence-electron chi connectivity index (χ0n) is 12.2. The van der Waals surface area contributed by atoms with Crippen LogP contribution in [0.3, 0.4) is 0 Å². The van der Waals surface area contributed by atoms with Crippen LogP contribution in [-0.4, -0.2) is 47.5 Å². The number of hydrogen-bond acceptors (Lipinski definition) is 5. The summed E-state index contributed by atoms with van der Waals surface area (Å²) < 4.78 is 0.637. The van der Waals surface area contributed by atoms with E-state index in [4.69, 9.17) is 16.4 Å². The van der Waals surface area contributed by atoms with Crippen LogP contribution < -0.4 is 4.73 Å². The summed E-state index contributed by atoms with van der Waals surface area (Å²) in [5.41, 5.74) is 0.472. The Bertz CT molecular complexity index is 482. The molecule has 0 spiro atoms. The highest BCUT2D eigenvalue weighted by molar-refractivity contribution is 6.69. The van der Waals surface area contributed by atoms with Crippen molar-refractivity contribution >= 4 is 29.2 Å². The topological polar surface area (TPSA) is 72.0 Å². The molecule has 1 aromatic rings. The van der Waals surface area contributed by atoms with Crippen LogP contribution in [0.1, 0.15) is 24.8 Å². The first-order valence-electron chi connectivity index (χ1n) is 7.10. The van der Waals surface area contributed by atoms with Crippen molar-refractivity contribution < 1.29 is 14.7 Å². The molecule has 2 rings (SSSR count). The fraction of sp³-hybridized carbons (Fsp3) is 0.571. The maximum absolute atomic E-state index is 11.1. The van der Waals surface area contributed by atoms with Crippen molar-refractivity contribution in [2.45, 2.75) is 25.4 Å². The summed E-state index contributed by atoms with van der Waals surface area (Å²) in [4.78, 5) is 7.28. The normalized spacial score (nSPS) is 17.6. The lowest BCUT2D eigenvalue weighted by Gasteiger charge is -2.27. The maximum Gasteiger partial charge on any atom is 0.190 e. The van der Waals surface area contributed by atoms with E-state index in [2.05, 4.69) is 10.1 Å². The van der Waals surface area contributed by atoms with Gasteiger partial charge in [-0.25, -0.2) is 0 Å². The van der Waals surface area contributed by atoms with Gasteiger partial charge in [-0.05, 0) is 32.0 Å². The van der Waals surface area contributed by atoms with Crippen molar-refractivity contribution in [1.29, 1.82) is 0 Å². The van der Waals surface area contributed by atoms with Crippen molar-refractivity contribution in [3.05, 3.63) is 35.3 Å². The van der Waals surface area contributed by atoms with Crippen LogP contribution in [0.25, 0.3) is 0 Å². The number of nitrogens with zero attached hydrogens (tertiary/aromatic N) is 3. The Morgan fingerprint density at radius 3 is 2.86 bits per heavy atom. The molecule has 1 saturated heterocycles. The second-order valence-electron chi connectivity index (χ2n) is 5.15. The minimum atomic E-state index is -0.600. The number of aromatic nitrogens is 1. The van der Waals surface area contributed by atoms with Crippen LogP contribution in [0.4, 0.5) is 0 Å². The molecule has 6 nitrogen and oxygen atoms in total. The van der Waals surface area contributed by atoms with Crippen LogP contribution in [0, 0.1) is 5.21 Å². The number of β-amino-alcohol motifs (C(OH)–C–C–N with tert-alkyl or cyclic N) is 1. The van der Waals surface area contributed by atoms with Gasteiger partial charge in [-0.3, -0.25) is 0 Å². The van der Waals surface area contributed by atoms with E-state index in [9.17, 15) is 10.3 Å². The Morgan fingerprint density at radius 2 is 2.18 bits per heavy atom. The Labute approximate surface area is 141 Å². The molecule has 0 bridgehead atoms. The molecular weight excluding hydrogens is 329 g/mol. The SMILES string of the molecule is Cl.[O-][n+]1cccc(C(Cl)=NOC[C@H](O)CN2CCCCC2)c1. The average molecular weight is 350 g/mol. The maximum atomic E-state index is 11.1. The molecular formula is C14H21Cl2N3O3. The first kappa shape index (κ1) is 19.0. The first-order valence-corrected chi connectivity index (χ1v) is 7.48. The highest BCUT2D eigenvalue weighted by Gasteiger charge is 2.15. The van der Waals surface area contributed by atoms with Crippen molar-refractivity contribution in [2.75, 3.05) is 26.2 Å². The molecule has 0 aliphatic carbocycles. The van der Waals surface area contributed by atoms with Crippen molar-refractivity contribution in [3.63, 3.8) is 0 Å². The Balaban J connectivity index is 0.00000242. The summed E-state index contributed by atoms with van der Waals surface area (Å²) in [6, 6.07) is 3.24. The number of piperidine rings is 1. The lowest BCUT2D eigenvalue weighted by molar-refractivity contribution is -0.605. The molecule has 8 heteroatoms. The lowest BCUT2D eigenvalue weighted by Crippen LogP contribution is -2.38. The second kappa shape index (κ2) is 9.84. The van der Waals surface area contributed by atoms with Gasteiger partial charge in [0, 0.05) is 12.6 Å². The summed E-state index contributed by atoms with van der Waals surface area (Å²) in [5.74, 6) is 0. The fourth-order valence-electron chi connectivity index (χ4n) is 2.30. The van der Waals surface area contributed by atoms with E-state index in [-0.39, 0.29) is 24.2 Å². The third-order valence-electron chi connectivity index (χ3n) is 3.34. The average Bonchev–Trinajstić information content (AvgIpc) is 2.48. The lowest BCUT2D eigenvalue weighted by atomic mass is 10.1. The number of halogens is 2. The number of aliphatic hydroxyl groups excluding tert-OH is 1. The van der Waals surface area contributed by atoms with Crippen LogP contribution in [0.2, 0.25) is 0 Å². The monoisotopic (exact) mass is 349 g/mol. The third kappa shape index (κ3) is 6.36. The summed E-state index contributed by atoms with van der Waals surface area (Å²) in [6.07, 6.45) is 5.69. The molecule has 0 saturated carbocycles. The molecule has 22 heavy (non-hydrogen) atoms. The number of rotatable bonds is 6. The molecule has 2 heterocycles. The van der Waals surface area contributed by atoms with Gasteiger partial charge in [-0.2, -0.15) is 4.73 Å². The van der Waals surface area contributed by atoms with Crippen LogP contribution in [0.5, 0.6) is 0 Å². The Kier molecular flexibility index (Phi) is 8.48. The molecule has 0 radical (unpaired) electrons. The number of hydrogen-bond donors (Lipinski definition) is 1. The second-order valence-corrected chi connectivity index (χ2v) is 5.50. The predicted octanol–water partition coefficient (Wildman–Crippen LogP) is 1.51. The van der Waals surface area contributed by atoms with Crippen molar-refractivity contribution in [1.82, 2.24) is 4.90 Å². The molecule has 1 aliphatic rings. The van der Waals surface area contributed by atoms with Crippen LogP contribution in [0.15, 0.2) is 29.7 Å². The van der Waals surface area contributed by atoms with Gasteiger partial charge >= 0.3 is 0 Å². The minimum Gasteiger partial charge on any atom is -0.619 e. The van der Waals surface area contributed by atoms with Crippen LogP contribution >= 0.6 is 24.0 Å². The van der Waals surface area contributed by atoms with Gasteiger partial charge in [0.2, 0.25) is 0 Å². The smallest absolute Gasteiger partial charge is 0.190 e. The Morgan fingerprint density at radius 1 is 1.45 bits per heavy atom. The molecule has 1 fully saturated rings. The zero-order chi connectivity index (χ0) is 15.1. The highest BCUT2D eigenvalue weighted by Crippen LogP contribution is 2.09. The van der Waals surface area contributed by atoms with E-state index in [1.165, 1.54) is 31.7 Å². The van der Waals surface area contributed by atoms with Gasteiger partial charge in [0.05, 0.1) is 5.56 Å². The highest BCUT2D eigenvalue weighted by atomic mass is 35.5. The van der Waals surface area contributed by atoms with E-state index in [0.29, 0.717) is 16.8 Å². The fourth-order valence-corrected chi connectivity index (χ4v) is 2.46. The van der Waals surface area contributed by atoms with Gasteiger partial charge in [-0.15, -0.1) is 12.4 Å². The molecule has 1 aliphatic heterocycles. The summed E-state index contributed by atoms with van der Waals surface area (Å²) >= 11 is 5.93. The van der Waals surface area contributed by atoms with Gasteiger partial charge in [0.15, 0.2) is 17.6 Å².